The molecule has 4 nitrogen and oxygen atoms in total. The largest absolute Gasteiger partial charge is 0.500 e. The number of furan rings is 1. The number of hydrogen-bond acceptors (Lipinski definition) is 4. The standard InChI is InChI=1S/C26H23N2O.C22H22N.Ir/c1-16-15-28-23(13-17(16)14-26(2,3)4)21-8-5-7-18-19-10-11-22-20(9-6-12-27-22)25(19)29-24(18)21;1-22(2,3)16-17-9-11-18(12-10-17)20-13-14-23-21(15-20)19-7-5-4-6-8-19;/h5-7,9-13,15H,14H2,1-4H3;4-7,9-15H,16H2,1-3H3;/q2*-1;/i1D3,14D2;16D2;. The fraction of sp³-hybridized carbons (Fsp3) is 0.229. The number of aromatic nitrogens is 3. The Morgan fingerprint density at radius 3 is 2.19 bits per heavy atom. The molecule has 0 aliphatic heterocycles. The summed E-state index contributed by atoms with van der Waals surface area (Å²) >= 11 is 0. The molecular weight excluding hydrogens is 827 g/mol. The van der Waals surface area contributed by atoms with Gasteiger partial charge in [0.1, 0.15) is 5.58 Å². The third kappa shape index (κ3) is 8.82. The molecule has 0 bridgehead atoms. The van der Waals surface area contributed by atoms with E-state index >= 15 is 0 Å². The molecule has 269 valence electrons. The average molecular weight is 879 g/mol. The molecule has 4 aromatic heterocycles. The first-order valence-corrected chi connectivity index (χ1v) is 17.3. The van der Waals surface area contributed by atoms with Crippen molar-refractivity contribution in [3.05, 3.63) is 151 Å². The number of benzene rings is 4. The van der Waals surface area contributed by atoms with E-state index in [1.54, 1.807) is 39.2 Å². The quantitative estimate of drug-likeness (QED) is 0.162. The van der Waals surface area contributed by atoms with E-state index in [1.165, 1.54) is 12.3 Å². The van der Waals surface area contributed by atoms with Gasteiger partial charge in [-0.2, -0.15) is 0 Å². The summed E-state index contributed by atoms with van der Waals surface area (Å²) in [5.41, 5.74) is 6.40. The molecule has 5 heteroatoms. The molecule has 1 radical (unpaired) electrons. The molecule has 0 aliphatic rings. The van der Waals surface area contributed by atoms with Gasteiger partial charge in [-0.05, 0) is 94.4 Å². The Labute approximate surface area is 336 Å². The van der Waals surface area contributed by atoms with Crippen molar-refractivity contribution in [3.63, 3.8) is 0 Å². The molecule has 53 heavy (non-hydrogen) atoms. The van der Waals surface area contributed by atoms with E-state index in [2.05, 4.69) is 27.1 Å². The first-order chi connectivity index (χ1) is 27.7. The van der Waals surface area contributed by atoms with E-state index in [9.17, 15) is 0 Å². The van der Waals surface area contributed by atoms with Crippen LogP contribution in [-0.2, 0) is 32.9 Å². The van der Waals surface area contributed by atoms with Gasteiger partial charge in [-0.3, -0.25) is 4.98 Å². The number of fused-ring (bicyclic) bond motifs is 5. The van der Waals surface area contributed by atoms with Crippen LogP contribution < -0.4 is 0 Å². The average Bonchev–Trinajstić information content (AvgIpc) is 3.60. The van der Waals surface area contributed by atoms with Gasteiger partial charge in [0.2, 0.25) is 0 Å². The smallest absolute Gasteiger partial charge is 0.130 e. The van der Waals surface area contributed by atoms with Crippen molar-refractivity contribution < 1.29 is 34.1 Å². The van der Waals surface area contributed by atoms with Crippen molar-refractivity contribution in [1.82, 2.24) is 15.0 Å². The van der Waals surface area contributed by atoms with E-state index in [-0.39, 0.29) is 31.2 Å². The van der Waals surface area contributed by atoms with Crippen molar-refractivity contribution in [1.29, 1.82) is 0 Å². The Morgan fingerprint density at radius 2 is 1.45 bits per heavy atom. The summed E-state index contributed by atoms with van der Waals surface area (Å²) in [5.74, 6) is 0. The van der Waals surface area contributed by atoms with Crippen molar-refractivity contribution in [2.24, 2.45) is 10.8 Å². The van der Waals surface area contributed by atoms with Gasteiger partial charge < -0.3 is 14.4 Å². The van der Waals surface area contributed by atoms with Crippen LogP contribution in [0.2, 0.25) is 0 Å². The van der Waals surface area contributed by atoms with Crippen molar-refractivity contribution in [3.8, 4) is 33.6 Å². The topological polar surface area (TPSA) is 51.8 Å². The van der Waals surface area contributed by atoms with Crippen LogP contribution in [0.15, 0.2) is 126 Å². The van der Waals surface area contributed by atoms with E-state index in [0.717, 1.165) is 44.1 Å². The minimum Gasteiger partial charge on any atom is -0.500 e. The van der Waals surface area contributed by atoms with Crippen LogP contribution in [0, 0.1) is 29.8 Å². The molecule has 4 aromatic carbocycles. The zero-order valence-corrected chi connectivity index (χ0v) is 33.0. The van der Waals surface area contributed by atoms with Crippen LogP contribution in [0.3, 0.4) is 0 Å². The molecule has 8 rings (SSSR count). The Balaban J connectivity index is 0.000000207. The van der Waals surface area contributed by atoms with E-state index in [4.69, 9.17) is 14.0 Å². The molecule has 0 saturated heterocycles. The van der Waals surface area contributed by atoms with Gasteiger partial charge in [0.25, 0.3) is 0 Å². The van der Waals surface area contributed by atoms with Crippen LogP contribution >= 0.6 is 0 Å². The third-order valence-corrected chi connectivity index (χ3v) is 8.33. The van der Waals surface area contributed by atoms with Gasteiger partial charge in [0, 0.05) is 59.1 Å². The molecule has 0 fully saturated rings. The molecular formula is C48H45IrN3O-2. The second-order valence-electron chi connectivity index (χ2n) is 14.9. The number of hydrogen-bond donors (Lipinski definition) is 0. The molecule has 0 unspecified atom stereocenters. The molecule has 0 saturated carbocycles. The van der Waals surface area contributed by atoms with Crippen LogP contribution in [0.25, 0.3) is 66.5 Å². The summed E-state index contributed by atoms with van der Waals surface area (Å²) in [6.07, 6.45) is 1.49. The summed E-state index contributed by atoms with van der Waals surface area (Å²) in [7, 11) is 0. The molecule has 0 atom stereocenters. The second-order valence-corrected chi connectivity index (χ2v) is 14.9. The van der Waals surface area contributed by atoms with E-state index in [0.29, 0.717) is 28.0 Å². The summed E-state index contributed by atoms with van der Waals surface area (Å²) < 4.78 is 64.5. The first-order valence-electron chi connectivity index (χ1n) is 20.8. The van der Waals surface area contributed by atoms with E-state index < -0.39 is 30.4 Å². The predicted molar refractivity (Wildman–Crippen MR) is 216 cm³/mol. The van der Waals surface area contributed by atoms with Crippen LogP contribution in [-0.4, -0.2) is 15.0 Å². The Bertz CT molecular complexity index is 2790. The predicted octanol–water partition coefficient (Wildman–Crippen LogP) is 12.7. The summed E-state index contributed by atoms with van der Waals surface area (Å²) in [6, 6.07) is 38.9. The molecule has 0 N–H and O–H groups in total. The van der Waals surface area contributed by atoms with Crippen molar-refractivity contribution in [2.45, 2.75) is 61.1 Å². The molecule has 0 spiro atoms. The van der Waals surface area contributed by atoms with E-state index in [1.807, 2.05) is 112 Å². The maximum absolute atomic E-state index is 8.79. The number of rotatable bonds is 5. The van der Waals surface area contributed by atoms with Crippen LogP contribution in [0.4, 0.5) is 0 Å². The Kier molecular flexibility index (Phi) is 8.66. The van der Waals surface area contributed by atoms with Crippen molar-refractivity contribution in [2.75, 3.05) is 0 Å². The zero-order chi connectivity index (χ0) is 42.5. The minimum atomic E-state index is -2.50. The fourth-order valence-electron chi connectivity index (χ4n) is 6.13. The van der Waals surface area contributed by atoms with Crippen LogP contribution in [0.1, 0.15) is 67.8 Å². The molecule has 8 aromatic rings. The van der Waals surface area contributed by atoms with Crippen LogP contribution in [0.5, 0.6) is 0 Å². The monoisotopic (exact) mass is 879 g/mol. The number of pyridine rings is 3. The van der Waals surface area contributed by atoms with Crippen molar-refractivity contribution >= 4 is 32.8 Å². The minimum absolute atomic E-state index is 0. The molecule has 4 heterocycles. The van der Waals surface area contributed by atoms with Gasteiger partial charge in [-0.1, -0.05) is 94.5 Å². The first kappa shape index (κ1) is 29.5. The van der Waals surface area contributed by atoms with Gasteiger partial charge in [-0.15, -0.1) is 54.1 Å². The Hall–Kier alpha value is -4.96. The second kappa shape index (κ2) is 15.6. The maximum Gasteiger partial charge on any atom is 0.130 e. The fourth-order valence-corrected chi connectivity index (χ4v) is 6.13. The molecule has 0 aliphatic carbocycles. The third-order valence-electron chi connectivity index (χ3n) is 8.33. The summed E-state index contributed by atoms with van der Waals surface area (Å²) in [6.45, 7) is 8.52. The number of aryl methyl sites for hydroxylation is 1. The molecule has 0 amide bonds. The zero-order valence-electron chi connectivity index (χ0n) is 37.6. The van der Waals surface area contributed by atoms with Gasteiger partial charge >= 0.3 is 0 Å². The van der Waals surface area contributed by atoms with Gasteiger partial charge in [0.15, 0.2) is 0 Å². The Morgan fingerprint density at radius 1 is 0.660 bits per heavy atom. The number of nitrogens with zero attached hydrogens (tertiary/aromatic N) is 3. The SMILES string of the molecule is [2H]C([2H])([2H])c1cnc(-c2[c-]ccc3c2oc2c4cccnc4ccc32)cc1C([2H])([2H])C(C)(C)C.[2H]C([2H])(c1ccc(-c2ccnc(-c3[c-]cccc3)c2)cc1)C(C)(C)C.[Ir]. The normalized spacial score (nSPS) is 14.4. The van der Waals surface area contributed by atoms with Gasteiger partial charge in [0.05, 0.1) is 11.1 Å². The summed E-state index contributed by atoms with van der Waals surface area (Å²) in [5, 5.41) is 2.68. The maximum atomic E-state index is 8.79. The van der Waals surface area contributed by atoms with Gasteiger partial charge in [-0.25, -0.2) is 0 Å². The summed E-state index contributed by atoms with van der Waals surface area (Å²) in [4.78, 5) is 13.3.